The van der Waals surface area contributed by atoms with Gasteiger partial charge in [0.25, 0.3) is 0 Å². The molecule has 2 rings (SSSR count). The Hall–Kier alpha value is -0.480. The Bertz CT molecular complexity index is 438. The smallest absolute Gasteiger partial charge is 0.121 e. The molecular formula is C15H21Cl2NO2. The first kappa shape index (κ1) is 15.9. The van der Waals surface area contributed by atoms with Crippen molar-refractivity contribution in [2.45, 2.75) is 38.3 Å². The van der Waals surface area contributed by atoms with Gasteiger partial charge in [-0.15, -0.1) is 0 Å². The summed E-state index contributed by atoms with van der Waals surface area (Å²) in [5, 5.41) is 14.2. The number of aliphatic hydroxyl groups excluding tert-OH is 1. The highest BCUT2D eigenvalue weighted by Crippen LogP contribution is 2.33. The molecule has 1 aromatic carbocycles. The number of ether oxygens (including phenoxy) is 1. The van der Waals surface area contributed by atoms with Crippen LogP contribution < -0.4 is 10.1 Å². The van der Waals surface area contributed by atoms with Gasteiger partial charge in [-0.05, 0) is 31.4 Å². The fourth-order valence-corrected chi connectivity index (χ4v) is 2.38. The first-order valence-corrected chi connectivity index (χ1v) is 7.79. The van der Waals surface area contributed by atoms with E-state index in [9.17, 15) is 5.11 Å². The summed E-state index contributed by atoms with van der Waals surface area (Å²) in [5.41, 5.74) is 0. The van der Waals surface area contributed by atoms with Gasteiger partial charge in [0.1, 0.15) is 18.5 Å². The van der Waals surface area contributed by atoms with Crippen LogP contribution >= 0.6 is 23.2 Å². The van der Waals surface area contributed by atoms with Gasteiger partial charge in [-0.3, -0.25) is 0 Å². The average molecular weight is 318 g/mol. The van der Waals surface area contributed by atoms with E-state index in [1.54, 1.807) is 18.2 Å². The molecule has 1 aliphatic carbocycles. The van der Waals surface area contributed by atoms with Gasteiger partial charge in [-0.25, -0.2) is 0 Å². The van der Waals surface area contributed by atoms with Crippen molar-refractivity contribution in [2.75, 3.05) is 13.2 Å². The van der Waals surface area contributed by atoms with E-state index >= 15 is 0 Å². The van der Waals surface area contributed by atoms with Crippen molar-refractivity contribution in [3.05, 3.63) is 28.2 Å². The largest absolute Gasteiger partial charge is 0.491 e. The molecule has 5 heteroatoms. The third-order valence-corrected chi connectivity index (χ3v) is 4.16. The van der Waals surface area contributed by atoms with Crippen molar-refractivity contribution in [2.24, 2.45) is 5.92 Å². The fraction of sp³-hybridized carbons (Fsp3) is 0.600. The molecule has 2 atom stereocenters. The zero-order valence-electron chi connectivity index (χ0n) is 11.6. The van der Waals surface area contributed by atoms with Crippen LogP contribution in [0.25, 0.3) is 0 Å². The molecule has 1 aromatic rings. The van der Waals surface area contributed by atoms with E-state index in [0.29, 0.717) is 28.4 Å². The number of rotatable bonds is 8. The zero-order chi connectivity index (χ0) is 14.5. The maximum atomic E-state index is 9.89. The first-order chi connectivity index (χ1) is 9.54. The van der Waals surface area contributed by atoms with Crippen LogP contribution in [0.4, 0.5) is 0 Å². The molecule has 2 N–H and O–H groups in total. The van der Waals surface area contributed by atoms with Gasteiger partial charge < -0.3 is 15.2 Å². The zero-order valence-corrected chi connectivity index (χ0v) is 13.1. The number of hydrogen-bond donors (Lipinski definition) is 2. The quantitative estimate of drug-likeness (QED) is 0.771. The van der Waals surface area contributed by atoms with Gasteiger partial charge in [-0.2, -0.15) is 0 Å². The van der Waals surface area contributed by atoms with E-state index in [0.717, 1.165) is 5.92 Å². The standard InChI is InChI=1S/C15H21Cl2NO2/c1-10(6-11-2-3-11)18-8-12(19)9-20-13-4-5-14(16)15(17)7-13/h4-5,7,10-12,18-19H,2-3,6,8-9H2,1H3. The number of nitrogens with one attached hydrogen (secondary N) is 1. The number of aliphatic hydroxyl groups is 1. The molecule has 3 nitrogen and oxygen atoms in total. The summed E-state index contributed by atoms with van der Waals surface area (Å²) in [5.74, 6) is 1.51. The van der Waals surface area contributed by atoms with Gasteiger partial charge in [0, 0.05) is 18.7 Å². The molecule has 0 aromatic heterocycles. The maximum Gasteiger partial charge on any atom is 0.121 e. The van der Waals surface area contributed by atoms with Crippen LogP contribution in [0.3, 0.4) is 0 Å². The average Bonchev–Trinajstić information content (AvgIpc) is 3.21. The number of hydrogen-bond acceptors (Lipinski definition) is 3. The Morgan fingerprint density at radius 3 is 2.75 bits per heavy atom. The summed E-state index contributed by atoms with van der Waals surface area (Å²) in [6, 6.07) is 5.52. The highest BCUT2D eigenvalue weighted by molar-refractivity contribution is 6.42. The Balaban J connectivity index is 1.65. The highest BCUT2D eigenvalue weighted by atomic mass is 35.5. The van der Waals surface area contributed by atoms with E-state index in [1.807, 2.05) is 0 Å². The van der Waals surface area contributed by atoms with Crippen LogP contribution in [-0.2, 0) is 0 Å². The monoisotopic (exact) mass is 317 g/mol. The lowest BCUT2D eigenvalue weighted by atomic mass is 10.1. The molecule has 20 heavy (non-hydrogen) atoms. The summed E-state index contributed by atoms with van der Waals surface area (Å²) in [7, 11) is 0. The second-order valence-electron chi connectivity index (χ2n) is 5.53. The van der Waals surface area contributed by atoms with Gasteiger partial charge >= 0.3 is 0 Å². The molecule has 0 bridgehead atoms. The third kappa shape index (κ3) is 5.49. The van der Waals surface area contributed by atoms with Crippen LogP contribution in [0.1, 0.15) is 26.2 Å². The molecule has 0 spiro atoms. The van der Waals surface area contributed by atoms with Crippen LogP contribution in [0.5, 0.6) is 5.75 Å². The molecule has 0 aliphatic heterocycles. The molecule has 1 fully saturated rings. The molecular weight excluding hydrogens is 297 g/mol. The van der Waals surface area contributed by atoms with Gasteiger partial charge in [-0.1, -0.05) is 36.0 Å². The molecule has 0 radical (unpaired) electrons. The van der Waals surface area contributed by atoms with E-state index in [1.165, 1.54) is 19.3 Å². The van der Waals surface area contributed by atoms with E-state index in [-0.39, 0.29) is 6.61 Å². The molecule has 112 valence electrons. The highest BCUT2D eigenvalue weighted by Gasteiger charge is 2.23. The van der Waals surface area contributed by atoms with E-state index < -0.39 is 6.10 Å². The lowest BCUT2D eigenvalue weighted by molar-refractivity contribution is 0.103. The third-order valence-electron chi connectivity index (χ3n) is 3.42. The molecule has 0 amide bonds. The van der Waals surface area contributed by atoms with Crippen LogP contribution in [0.2, 0.25) is 10.0 Å². The van der Waals surface area contributed by atoms with Crippen molar-refractivity contribution in [1.82, 2.24) is 5.32 Å². The minimum Gasteiger partial charge on any atom is -0.491 e. The van der Waals surface area contributed by atoms with Crippen molar-refractivity contribution < 1.29 is 9.84 Å². The van der Waals surface area contributed by atoms with Crippen LogP contribution in [-0.4, -0.2) is 30.4 Å². The SMILES string of the molecule is CC(CC1CC1)NCC(O)COc1ccc(Cl)c(Cl)c1. The van der Waals surface area contributed by atoms with Gasteiger partial charge in [0.15, 0.2) is 0 Å². The van der Waals surface area contributed by atoms with E-state index in [4.69, 9.17) is 27.9 Å². The predicted octanol–water partition coefficient (Wildman–Crippen LogP) is 3.51. The maximum absolute atomic E-state index is 9.89. The van der Waals surface area contributed by atoms with Gasteiger partial charge in [0.05, 0.1) is 10.0 Å². The second-order valence-corrected chi connectivity index (χ2v) is 6.34. The minimum atomic E-state index is -0.536. The van der Waals surface area contributed by atoms with Crippen LogP contribution in [0.15, 0.2) is 18.2 Å². The Kier molecular flexibility index (Phi) is 5.97. The lowest BCUT2D eigenvalue weighted by Crippen LogP contribution is -2.36. The molecule has 1 aliphatic rings. The molecule has 1 saturated carbocycles. The minimum absolute atomic E-state index is 0.237. The number of halogens is 2. The van der Waals surface area contributed by atoms with E-state index in [2.05, 4.69) is 12.2 Å². The molecule has 2 unspecified atom stereocenters. The van der Waals surface area contributed by atoms with Crippen molar-refractivity contribution in [3.8, 4) is 5.75 Å². The van der Waals surface area contributed by atoms with Crippen molar-refractivity contribution in [1.29, 1.82) is 0 Å². The first-order valence-electron chi connectivity index (χ1n) is 7.04. The number of benzene rings is 1. The predicted molar refractivity (Wildman–Crippen MR) is 82.8 cm³/mol. The topological polar surface area (TPSA) is 41.5 Å². The lowest BCUT2D eigenvalue weighted by Gasteiger charge is -2.17. The Morgan fingerprint density at radius 1 is 1.35 bits per heavy atom. The van der Waals surface area contributed by atoms with Crippen molar-refractivity contribution >= 4 is 23.2 Å². The summed E-state index contributed by atoms with van der Waals surface area (Å²) in [4.78, 5) is 0. The molecule has 0 saturated heterocycles. The summed E-state index contributed by atoms with van der Waals surface area (Å²) in [6.45, 7) is 2.93. The summed E-state index contributed by atoms with van der Waals surface area (Å²) < 4.78 is 5.50. The van der Waals surface area contributed by atoms with Crippen molar-refractivity contribution in [3.63, 3.8) is 0 Å². The normalized spacial score (nSPS) is 17.8. The van der Waals surface area contributed by atoms with Gasteiger partial charge in [0.2, 0.25) is 0 Å². The fourth-order valence-electron chi connectivity index (χ4n) is 2.09. The Morgan fingerprint density at radius 2 is 2.10 bits per heavy atom. The second kappa shape index (κ2) is 7.51. The summed E-state index contributed by atoms with van der Waals surface area (Å²) >= 11 is 11.7. The molecule has 0 heterocycles. The summed E-state index contributed by atoms with van der Waals surface area (Å²) in [6.07, 6.45) is 3.37. The van der Waals surface area contributed by atoms with Crippen LogP contribution in [0, 0.1) is 5.92 Å². The Labute approximate surface area is 130 Å².